The van der Waals surface area contributed by atoms with E-state index in [1.165, 1.54) is 12.8 Å². The first-order chi connectivity index (χ1) is 7.00. The number of hydrogen-bond acceptors (Lipinski definition) is 0. The molecule has 14 heavy (non-hydrogen) atoms. The van der Waals surface area contributed by atoms with Gasteiger partial charge in [-0.15, -0.1) is 0 Å². The minimum Gasteiger partial charge on any atom is -0.0882 e. The molecule has 1 rings (SSSR count). The molecule has 0 aliphatic heterocycles. The molecule has 0 saturated carbocycles. The summed E-state index contributed by atoms with van der Waals surface area (Å²) in [6.07, 6.45) is 25.5. The molecule has 0 aromatic heterocycles. The normalized spacial score (nSPS) is 28.6. The fraction of sp³-hybridized carbons (Fsp3) is 0.357. The van der Waals surface area contributed by atoms with Gasteiger partial charge in [0.25, 0.3) is 0 Å². The summed E-state index contributed by atoms with van der Waals surface area (Å²) in [4.78, 5) is 0. The Labute approximate surface area is 87.7 Å². The molecule has 0 spiro atoms. The van der Waals surface area contributed by atoms with E-state index in [-0.39, 0.29) is 0 Å². The second kappa shape index (κ2) is 8.55. The van der Waals surface area contributed by atoms with E-state index in [1.54, 1.807) is 0 Å². The molecule has 0 heterocycles. The average Bonchev–Trinajstić information content (AvgIpc) is 2.22. The largest absolute Gasteiger partial charge is 0.0882 e. The summed E-state index contributed by atoms with van der Waals surface area (Å²) in [6, 6.07) is 0. The summed E-state index contributed by atoms with van der Waals surface area (Å²) >= 11 is 0. The Morgan fingerprint density at radius 3 is 1.93 bits per heavy atom. The van der Waals surface area contributed by atoms with E-state index >= 15 is 0 Å². The smallest absolute Gasteiger partial charge is 0.0166 e. The zero-order valence-electron chi connectivity index (χ0n) is 8.73. The summed E-state index contributed by atoms with van der Waals surface area (Å²) in [5.74, 6) is 0. The van der Waals surface area contributed by atoms with Crippen LogP contribution < -0.4 is 0 Å². The highest BCUT2D eigenvalue weighted by Gasteiger charge is 1.83. The lowest BCUT2D eigenvalue weighted by molar-refractivity contribution is 0.929. The number of rotatable bonds is 0. The molecule has 0 nitrogen and oxygen atoms in total. The first kappa shape index (κ1) is 11.0. The van der Waals surface area contributed by atoms with E-state index < -0.39 is 0 Å². The van der Waals surface area contributed by atoms with E-state index in [4.69, 9.17) is 0 Å². The standard InChI is InChI=1S/C14H19/c1-2-4-6-8-10-12-14-13-11-9-7-5-3-1/h1-4,7-10,13H,5-6,11-12,14H2/b3-1-,4-2+,9-7-,10-8+. The predicted molar refractivity (Wildman–Crippen MR) is 63.9 cm³/mol. The zero-order chi connectivity index (χ0) is 9.90. The Hall–Kier alpha value is -1.04. The van der Waals surface area contributed by atoms with Gasteiger partial charge in [-0.25, -0.2) is 0 Å². The van der Waals surface area contributed by atoms with Crippen LogP contribution in [0.3, 0.4) is 0 Å². The highest BCUT2D eigenvalue weighted by atomic mass is 13.9. The van der Waals surface area contributed by atoms with Crippen LogP contribution in [-0.4, -0.2) is 0 Å². The second-order valence-corrected chi connectivity index (χ2v) is 3.37. The van der Waals surface area contributed by atoms with Crippen molar-refractivity contribution in [1.29, 1.82) is 0 Å². The lowest BCUT2D eigenvalue weighted by Crippen LogP contribution is -1.74. The fourth-order valence-corrected chi connectivity index (χ4v) is 1.31. The van der Waals surface area contributed by atoms with Gasteiger partial charge >= 0.3 is 0 Å². The van der Waals surface area contributed by atoms with Crippen LogP contribution in [0.2, 0.25) is 0 Å². The van der Waals surface area contributed by atoms with Crippen LogP contribution >= 0.6 is 0 Å². The molecule has 1 aliphatic rings. The minimum absolute atomic E-state index is 1.05. The van der Waals surface area contributed by atoms with Crippen LogP contribution in [0.4, 0.5) is 0 Å². The van der Waals surface area contributed by atoms with Crippen molar-refractivity contribution in [3.05, 3.63) is 55.0 Å². The van der Waals surface area contributed by atoms with E-state index in [9.17, 15) is 0 Å². The van der Waals surface area contributed by atoms with Crippen LogP contribution in [0.15, 0.2) is 48.6 Å². The van der Waals surface area contributed by atoms with Gasteiger partial charge in [0.2, 0.25) is 0 Å². The lowest BCUT2D eigenvalue weighted by Gasteiger charge is -1.93. The van der Waals surface area contributed by atoms with Crippen molar-refractivity contribution in [2.75, 3.05) is 0 Å². The quantitative estimate of drug-likeness (QED) is 0.494. The lowest BCUT2D eigenvalue weighted by atomic mass is 10.1. The first-order valence-corrected chi connectivity index (χ1v) is 5.43. The SMILES string of the molecule is [CH]1C/C=C\C/C=C\C=C\C/C=C/CC1. The number of hydrogen-bond donors (Lipinski definition) is 0. The molecule has 0 N–H and O–H groups in total. The molecule has 0 amide bonds. The van der Waals surface area contributed by atoms with E-state index in [0.717, 1.165) is 19.3 Å². The van der Waals surface area contributed by atoms with Crippen molar-refractivity contribution in [3.8, 4) is 0 Å². The van der Waals surface area contributed by atoms with Crippen LogP contribution in [0, 0.1) is 6.42 Å². The Kier molecular flexibility index (Phi) is 6.74. The van der Waals surface area contributed by atoms with Gasteiger partial charge in [0.05, 0.1) is 0 Å². The van der Waals surface area contributed by atoms with Crippen molar-refractivity contribution in [3.63, 3.8) is 0 Å². The van der Waals surface area contributed by atoms with Crippen molar-refractivity contribution < 1.29 is 0 Å². The van der Waals surface area contributed by atoms with Gasteiger partial charge in [-0.3, -0.25) is 0 Å². The Balaban J connectivity index is 2.35. The van der Waals surface area contributed by atoms with E-state index in [2.05, 4.69) is 55.0 Å². The van der Waals surface area contributed by atoms with Crippen molar-refractivity contribution in [2.24, 2.45) is 0 Å². The third-order valence-corrected chi connectivity index (χ3v) is 2.10. The monoisotopic (exact) mass is 187 g/mol. The van der Waals surface area contributed by atoms with E-state index in [0.29, 0.717) is 0 Å². The molecule has 1 radical (unpaired) electrons. The zero-order valence-corrected chi connectivity index (χ0v) is 8.73. The predicted octanol–water partition coefficient (Wildman–Crippen LogP) is 4.38. The first-order valence-electron chi connectivity index (χ1n) is 5.43. The van der Waals surface area contributed by atoms with Crippen LogP contribution in [0.5, 0.6) is 0 Å². The summed E-state index contributed by atoms with van der Waals surface area (Å²) in [6.45, 7) is 0. The Morgan fingerprint density at radius 1 is 0.500 bits per heavy atom. The fourth-order valence-electron chi connectivity index (χ4n) is 1.31. The topological polar surface area (TPSA) is 0 Å². The van der Waals surface area contributed by atoms with Crippen LogP contribution in [0.25, 0.3) is 0 Å². The molecule has 0 fully saturated rings. The van der Waals surface area contributed by atoms with Crippen LogP contribution in [0.1, 0.15) is 32.1 Å². The molecule has 0 bridgehead atoms. The van der Waals surface area contributed by atoms with Gasteiger partial charge in [0.15, 0.2) is 0 Å². The van der Waals surface area contributed by atoms with Gasteiger partial charge in [0, 0.05) is 0 Å². The molecule has 0 heteroatoms. The molecule has 0 atom stereocenters. The summed E-state index contributed by atoms with van der Waals surface area (Å²) in [5.41, 5.74) is 0. The Morgan fingerprint density at radius 2 is 1.14 bits per heavy atom. The van der Waals surface area contributed by atoms with Crippen molar-refractivity contribution in [2.45, 2.75) is 32.1 Å². The van der Waals surface area contributed by atoms with Gasteiger partial charge < -0.3 is 0 Å². The maximum absolute atomic E-state index is 2.34. The third kappa shape index (κ3) is 6.47. The van der Waals surface area contributed by atoms with Gasteiger partial charge in [-0.05, 0) is 38.5 Å². The Bertz CT molecular complexity index is 202. The maximum Gasteiger partial charge on any atom is -0.0166 e. The van der Waals surface area contributed by atoms with Crippen LogP contribution in [-0.2, 0) is 0 Å². The van der Waals surface area contributed by atoms with Gasteiger partial charge in [-0.2, -0.15) is 0 Å². The molecule has 0 aromatic carbocycles. The molecule has 0 saturated heterocycles. The van der Waals surface area contributed by atoms with Crippen molar-refractivity contribution >= 4 is 0 Å². The third-order valence-electron chi connectivity index (χ3n) is 2.10. The van der Waals surface area contributed by atoms with Crippen molar-refractivity contribution in [1.82, 2.24) is 0 Å². The van der Waals surface area contributed by atoms with Gasteiger partial charge in [0.1, 0.15) is 0 Å². The summed E-state index contributed by atoms with van der Waals surface area (Å²) in [5, 5.41) is 0. The van der Waals surface area contributed by atoms with Gasteiger partial charge in [-0.1, -0.05) is 48.6 Å². The summed E-state index contributed by atoms with van der Waals surface area (Å²) < 4.78 is 0. The maximum atomic E-state index is 2.34. The number of allylic oxidation sites excluding steroid dienone is 8. The highest BCUT2D eigenvalue weighted by Crippen LogP contribution is 2.02. The molecule has 75 valence electrons. The van der Waals surface area contributed by atoms with E-state index in [1.807, 2.05) is 0 Å². The highest BCUT2D eigenvalue weighted by molar-refractivity contribution is 5.07. The molecule has 1 aliphatic carbocycles. The molecule has 0 unspecified atom stereocenters. The summed E-state index contributed by atoms with van der Waals surface area (Å²) in [7, 11) is 0. The molecular weight excluding hydrogens is 168 g/mol. The molecule has 0 aromatic rings. The minimum atomic E-state index is 1.05. The average molecular weight is 187 g/mol. The second-order valence-electron chi connectivity index (χ2n) is 3.37. The molecular formula is C14H19.